The maximum Gasteiger partial charge on any atom is 0.321 e. The van der Waals surface area contributed by atoms with Crippen LogP contribution in [0.5, 0.6) is 0 Å². The van der Waals surface area contributed by atoms with Gasteiger partial charge in [0.2, 0.25) is 0 Å². The number of nitrogens with zero attached hydrogens (tertiary/aromatic N) is 2. The molecule has 166 valence electrons. The summed E-state index contributed by atoms with van der Waals surface area (Å²) in [6.45, 7) is 12.1. The van der Waals surface area contributed by atoms with Crippen molar-refractivity contribution < 1.29 is 9.18 Å². The molecule has 2 amide bonds. The number of carbonyl (C=O) groups is 1. The van der Waals surface area contributed by atoms with E-state index in [-0.39, 0.29) is 11.1 Å². The van der Waals surface area contributed by atoms with Crippen LogP contribution in [0.15, 0.2) is 52.7 Å². The van der Waals surface area contributed by atoms with Crippen molar-refractivity contribution in [3.05, 3.63) is 63.5 Å². The lowest BCUT2D eigenvalue weighted by atomic mass is 10.2. The van der Waals surface area contributed by atoms with Crippen LogP contribution < -0.4 is 5.32 Å². The first-order valence-electron chi connectivity index (χ1n) is 9.89. The van der Waals surface area contributed by atoms with Crippen molar-refractivity contribution in [3.8, 4) is 0 Å². The number of benzene rings is 1. The van der Waals surface area contributed by atoms with E-state index in [1.807, 2.05) is 11.8 Å². The van der Waals surface area contributed by atoms with E-state index in [0.29, 0.717) is 47.6 Å². The number of allylic oxidation sites excluding steroid dienone is 4. The standard InChI is InChI=1S/C19H21Cl3FN3O.C3H8/c1-3-14(20)18(15(21)4-2)25-8-5-9-26(11-10-25)19(27)24-13-6-7-17(23)16(22)12-13;1-3-2/h3-4,6-7,12H,1,5,8-11H2,2H3,(H,24,27);3H2,1-2H3/b15-4+,18-14-;. The maximum absolute atomic E-state index is 13.3. The molecule has 30 heavy (non-hydrogen) atoms. The van der Waals surface area contributed by atoms with Crippen molar-refractivity contribution in [1.82, 2.24) is 9.80 Å². The molecular formula is C22H29Cl3FN3O. The van der Waals surface area contributed by atoms with E-state index in [1.54, 1.807) is 17.1 Å². The van der Waals surface area contributed by atoms with Gasteiger partial charge in [-0.15, -0.1) is 0 Å². The largest absolute Gasteiger partial charge is 0.367 e. The summed E-state index contributed by atoms with van der Waals surface area (Å²) in [5, 5.41) is 3.72. The highest BCUT2D eigenvalue weighted by molar-refractivity contribution is 6.36. The van der Waals surface area contributed by atoms with E-state index in [9.17, 15) is 9.18 Å². The van der Waals surface area contributed by atoms with Gasteiger partial charge in [0.1, 0.15) is 5.82 Å². The summed E-state index contributed by atoms with van der Waals surface area (Å²) >= 11 is 18.4. The molecule has 4 nitrogen and oxygen atoms in total. The third kappa shape index (κ3) is 7.86. The minimum atomic E-state index is -0.528. The number of urea groups is 1. The third-order valence-corrected chi connectivity index (χ3v) is 5.18. The topological polar surface area (TPSA) is 35.6 Å². The van der Waals surface area contributed by atoms with Crippen LogP contribution >= 0.6 is 34.8 Å². The zero-order chi connectivity index (χ0) is 22.7. The van der Waals surface area contributed by atoms with Crippen LogP contribution in [0.4, 0.5) is 14.9 Å². The van der Waals surface area contributed by atoms with Crippen molar-refractivity contribution in [2.75, 3.05) is 31.5 Å². The van der Waals surface area contributed by atoms with Gasteiger partial charge < -0.3 is 15.1 Å². The van der Waals surface area contributed by atoms with Crippen LogP contribution in [-0.2, 0) is 0 Å². The van der Waals surface area contributed by atoms with Gasteiger partial charge in [-0.1, -0.05) is 67.7 Å². The Labute approximate surface area is 194 Å². The van der Waals surface area contributed by atoms with Crippen LogP contribution in [-0.4, -0.2) is 42.0 Å². The summed E-state index contributed by atoms with van der Waals surface area (Å²) < 4.78 is 13.3. The van der Waals surface area contributed by atoms with Crippen molar-refractivity contribution in [1.29, 1.82) is 0 Å². The Morgan fingerprint density at radius 1 is 1.20 bits per heavy atom. The van der Waals surface area contributed by atoms with Gasteiger partial charge >= 0.3 is 6.03 Å². The Morgan fingerprint density at radius 3 is 2.37 bits per heavy atom. The molecule has 1 aliphatic heterocycles. The molecule has 1 saturated heterocycles. The molecule has 1 aromatic carbocycles. The quantitative estimate of drug-likeness (QED) is 0.466. The fraction of sp³-hybridized carbons (Fsp3) is 0.409. The minimum absolute atomic E-state index is 0.0373. The minimum Gasteiger partial charge on any atom is -0.367 e. The summed E-state index contributed by atoms with van der Waals surface area (Å²) in [5.41, 5.74) is 1.16. The van der Waals surface area contributed by atoms with E-state index in [2.05, 4.69) is 25.7 Å². The number of anilines is 1. The third-order valence-electron chi connectivity index (χ3n) is 4.16. The lowest BCUT2D eigenvalue weighted by Gasteiger charge is -2.27. The SMILES string of the molecule is C=C/C(Cl)=C(\C(Cl)=C/C)N1CCCN(C(=O)Nc2ccc(F)c(Cl)c2)CC1.CCC. The molecule has 0 radical (unpaired) electrons. The lowest BCUT2D eigenvalue weighted by Crippen LogP contribution is -2.38. The highest BCUT2D eigenvalue weighted by Crippen LogP contribution is 2.27. The molecule has 1 aromatic rings. The van der Waals surface area contributed by atoms with Gasteiger partial charge in [0, 0.05) is 31.9 Å². The highest BCUT2D eigenvalue weighted by atomic mass is 35.5. The highest BCUT2D eigenvalue weighted by Gasteiger charge is 2.23. The predicted octanol–water partition coefficient (Wildman–Crippen LogP) is 7.21. The Hall–Kier alpha value is -1.69. The van der Waals surface area contributed by atoms with Gasteiger partial charge in [0.25, 0.3) is 0 Å². The molecule has 0 unspecified atom stereocenters. The predicted molar refractivity (Wildman–Crippen MR) is 127 cm³/mol. The van der Waals surface area contributed by atoms with Gasteiger partial charge in [-0.3, -0.25) is 0 Å². The van der Waals surface area contributed by atoms with Crippen molar-refractivity contribution in [2.45, 2.75) is 33.6 Å². The molecule has 0 saturated carbocycles. The van der Waals surface area contributed by atoms with Crippen LogP contribution in [0.2, 0.25) is 5.02 Å². The van der Waals surface area contributed by atoms with E-state index in [1.165, 1.54) is 24.6 Å². The maximum atomic E-state index is 13.3. The molecule has 0 aliphatic carbocycles. The molecule has 0 atom stereocenters. The smallest absolute Gasteiger partial charge is 0.321 e. The van der Waals surface area contributed by atoms with Crippen molar-refractivity contribution in [3.63, 3.8) is 0 Å². The number of halogens is 4. The van der Waals surface area contributed by atoms with Crippen LogP contribution in [0, 0.1) is 5.82 Å². The van der Waals surface area contributed by atoms with E-state index in [0.717, 1.165) is 6.42 Å². The normalized spacial score (nSPS) is 15.5. The number of hydrogen-bond donors (Lipinski definition) is 1. The Kier molecular flexibility index (Phi) is 11.9. The zero-order valence-corrected chi connectivity index (χ0v) is 19.9. The number of hydrogen-bond acceptors (Lipinski definition) is 2. The molecule has 8 heteroatoms. The average molecular weight is 477 g/mol. The average Bonchev–Trinajstić information content (AvgIpc) is 2.97. The van der Waals surface area contributed by atoms with E-state index in [4.69, 9.17) is 34.8 Å². The second-order valence-electron chi connectivity index (χ2n) is 6.63. The van der Waals surface area contributed by atoms with Crippen LogP contribution in [0.25, 0.3) is 0 Å². The summed E-state index contributed by atoms with van der Waals surface area (Å²) in [6.07, 6.45) is 5.32. The van der Waals surface area contributed by atoms with Crippen molar-refractivity contribution >= 4 is 46.5 Å². The Morgan fingerprint density at radius 2 is 1.80 bits per heavy atom. The van der Waals surface area contributed by atoms with Gasteiger partial charge in [0.15, 0.2) is 0 Å². The number of nitrogens with one attached hydrogen (secondary N) is 1. The lowest BCUT2D eigenvalue weighted by molar-refractivity contribution is 0.213. The molecule has 0 aromatic heterocycles. The molecule has 1 fully saturated rings. The molecule has 1 heterocycles. The number of rotatable bonds is 4. The first-order chi connectivity index (χ1) is 14.3. The summed E-state index contributed by atoms with van der Waals surface area (Å²) in [6, 6.07) is 3.81. The summed E-state index contributed by atoms with van der Waals surface area (Å²) in [7, 11) is 0. The van der Waals surface area contributed by atoms with Crippen LogP contribution in [0.3, 0.4) is 0 Å². The second-order valence-corrected chi connectivity index (χ2v) is 7.85. The summed E-state index contributed by atoms with van der Waals surface area (Å²) in [5.74, 6) is -0.528. The molecule has 0 bridgehead atoms. The number of carbonyl (C=O) groups excluding carboxylic acids is 1. The first kappa shape index (κ1) is 26.3. The van der Waals surface area contributed by atoms with Gasteiger partial charge in [-0.25, -0.2) is 9.18 Å². The molecule has 1 N–H and O–H groups in total. The van der Waals surface area contributed by atoms with Gasteiger partial charge in [-0.05, 0) is 37.6 Å². The molecular weight excluding hydrogens is 448 g/mol. The van der Waals surface area contributed by atoms with E-state index < -0.39 is 5.82 Å². The first-order valence-corrected chi connectivity index (χ1v) is 11.0. The van der Waals surface area contributed by atoms with Crippen LogP contribution in [0.1, 0.15) is 33.6 Å². The second kappa shape index (κ2) is 13.6. The fourth-order valence-corrected chi connectivity index (χ4v) is 3.44. The van der Waals surface area contributed by atoms with Crippen molar-refractivity contribution in [2.24, 2.45) is 0 Å². The number of amides is 2. The van der Waals surface area contributed by atoms with Gasteiger partial charge in [0.05, 0.1) is 20.8 Å². The van der Waals surface area contributed by atoms with Gasteiger partial charge in [-0.2, -0.15) is 0 Å². The van der Waals surface area contributed by atoms with E-state index >= 15 is 0 Å². The summed E-state index contributed by atoms with van der Waals surface area (Å²) in [4.78, 5) is 16.3. The molecule has 1 aliphatic rings. The fourth-order valence-electron chi connectivity index (χ4n) is 2.77. The monoisotopic (exact) mass is 475 g/mol. The zero-order valence-electron chi connectivity index (χ0n) is 17.7. The Balaban J connectivity index is 0.00000141. The Bertz CT molecular complexity index is 796. The molecule has 0 spiro atoms. The molecule has 2 rings (SSSR count).